The first-order valence-electron chi connectivity index (χ1n) is 7.51. The average molecular weight is 287 g/mol. The van der Waals surface area contributed by atoms with Crippen molar-refractivity contribution >= 4 is 0 Å². The molecule has 0 aliphatic heterocycles. The maximum atomic E-state index is 5.40. The Morgan fingerprint density at radius 1 is 1.19 bits per heavy atom. The predicted molar refractivity (Wildman–Crippen MR) is 84.7 cm³/mol. The molecule has 0 aliphatic rings. The van der Waals surface area contributed by atoms with Gasteiger partial charge in [0.15, 0.2) is 5.76 Å². The van der Waals surface area contributed by atoms with Crippen LogP contribution in [-0.2, 0) is 19.6 Å². The van der Waals surface area contributed by atoms with E-state index in [4.69, 9.17) is 4.52 Å². The van der Waals surface area contributed by atoms with E-state index in [1.54, 1.807) is 0 Å². The number of benzene rings is 1. The van der Waals surface area contributed by atoms with Gasteiger partial charge < -0.3 is 9.84 Å². The summed E-state index contributed by atoms with van der Waals surface area (Å²) in [6.45, 7) is 7.83. The summed E-state index contributed by atoms with van der Waals surface area (Å²) in [5, 5.41) is 7.48. The molecule has 0 saturated carbocycles. The van der Waals surface area contributed by atoms with Crippen molar-refractivity contribution in [2.75, 3.05) is 13.6 Å². The number of hydrogen-bond acceptors (Lipinski definition) is 4. The van der Waals surface area contributed by atoms with E-state index in [1.807, 2.05) is 12.1 Å². The molecule has 0 aliphatic carbocycles. The van der Waals surface area contributed by atoms with Gasteiger partial charge in [0.1, 0.15) is 0 Å². The van der Waals surface area contributed by atoms with Gasteiger partial charge in [0.25, 0.3) is 0 Å². The number of hydrogen-bond donors (Lipinski definition) is 1. The van der Waals surface area contributed by atoms with Gasteiger partial charge in [-0.05, 0) is 25.1 Å². The molecule has 114 valence electrons. The van der Waals surface area contributed by atoms with Crippen molar-refractivity contribution in [1.82, 2.24) is 15.4 Å². The molecule has 1 aromatic heterocycles. The van der Waals surface area contributed by atoms with E-state index in [9.17, 15) is 0 Å². The van der Waals surface area contributed by atoms with Gasteiger partial charge in [0.2, 0.25) is 0 Å². The van der Waals surface area contributed by atoms with Crippen molar-refractivity contribution in [1.29, 1.82) is 0 Å². The van der Waals surface area contributed by atoms with Crippen molar-refractivity contribution in [2.45, 2.75) is 33.5 Å². The maximum absolute atomic E-state index is 5.40. The lowest BCUT2D eigenvalue weighted by molar-refractivity contribution is 0.265. The highest BCUT2D eigenvalue weighted by molar-refractivity contribution is 5.14. The van der Waals surface area contributed by atoms with Crippen molar-refractivity contribution in [3.63, 3.8) is 0 Å². The number of nitrogens with one attached hydrogen (secondary N) is 1. The van der Waals surface area contributed by atoms with Crippen LogP contribution in [0.1, 0.15) is 30.9 Å². The lowest BCUT2D eigenvalue weighted by Gasteiger charge is -2.14. The lowest BCUT2D eigenvalue weighted by Crippen LogP contribution is -2.19. The summed E-state index contributed by atoms with van der Waals surface area (Å²) >= 11 is 0. The second-order valence-electron chi connectivity index (χ2n) is 5.97. The van der Waals surface area contributed by atoms with Gasteiger partial charge in [0.05, 0.1) is 12.2 Å². The van der Waals surface area contributed by atoms with Crippen LogP contribution in [0.2, 0.25) is 0 Å². The SMILES string of the molecule is CC(C)CNCc1cc(CN(C)Cc2ccccc2)on1. The molecule has 2 aromatic rings. The summed E-state index contributed by atoms with van der Waals surface area (Å²) in [6, 6.07) is 12.5. The number of nitrogens with zero attached hydrogens (tertiary/aromatic N) is 2. The Labute approximate surface area is 127 Å². The molecule has 0 amide bonds. The van der Waals surface area contributed by atoms with Crippen LogP contribution in [0.4, 0.5) is 0 Å². The van der Waals surface area contributed by atoms with E-state index in [-0.39, 0.29) is 0 Å². The first-order valence-corrected chi connectivity index (χ1v) is 7.51. The van der Waals surface area contributed by atoms with E-state index in [1.165, 1.54) is 5.56 Å². The lowest BCUT2D eigenvalue weighted by atomic mass is 10.2. The monoisotopic (exact) mass is 287 g/mol. The number of rotatable bonds is 8. The van der Waals surface area contributed by atoms with Gasteiger partial charge in [-0.15, -0.1) is 0 Å². The minimum absolute atomic E-state index is 0.647. The smallest absolute Gasteiger partial charge is 0.151 e. The Kier molecular flexibility index (Phi) is 5.96. The standard InChI is InChI=1S/C17H25N3O/c1-14(2)10-18-11-16-9-17(21-19-16)13-20(3)12-15-7-5-4-6-8-15/h4-9,14,18H,10-13H2,1-3H3. The van der Waals surface area contributed by atoms with E-state index in [2.05, 4.69) is 60.5 Å². The normalized spacial score (nSPS) is 11.5. The van der Waals surface area contributed by atoms with Crippen LogP contribution in [-0.4, -0.2) is 23.6 Å². The Morgan fingerprint density at radius 3 is 2.67 bits per heavy atom. The fraction of sp³-hybridized carbons (Fsp3) is 0.471. The van der Waals surface area contributed by atoms with Gasteiger partial charge in [0, 0.05) is 19.2 Å². The first-order chi connectivity index (χ1) is 10.1. The van der Waals surface area contributed by atoms with E-state index < -0.39 is 0 Å². The van der Waals surface area contributed by atoms with Crippen LogP contribution < -0.4 is 5.32 Å². The third kappa shape index (κ3) is 5.69. The molecule has 4 nitrogen and oxygen atoms in total. The molecule has 0 fully saturated rings. The molecule has 21 heavy (non-hydrogen) atoms. The van der Waals surface area contributed by atoms with Gasteiger partial charge in [-0.1, -0.05) is 49.3 Å². The first kappa shape index (κ1) is 15.7. The van der Waals surface area contributed by atoms with Crippen LogP contribution in [0.3, 0.4) is 0 Å². The molecule has 0 bridgehead atoms. The molecular weight excluding hydrogens is 262 g/mol. The van der Waals surface area contributed by atoms with Gasteiger partial charge >= 0.3 is 0 Å². The summed E-state index contributed by atoms with van der Waals surface area (Å²) in [6.07, 6.45) is 0. The molecular formula is C17H25N3O. The summed E-state index contributed by atoms with van der Waals surface area (Å²) in [7, 11) is 2.09. The van der Waals surface area contributed by atoms with E-state index >= 15 is 0 Å². The highest BCUT2D eigenvalue weighted by atomic mass is 16.5. The van der Waals surface area contributed by atoms with Crippen LogP contribution in [0, 0.1) is 5.92 Å². The Hall–Kier alpha value is -1.65. The molecule has 1 aromatic carbocycles. The molecule has 2 rings (SSSR count). The molecule has 4 heteroatoms. The molecule has 1 heterocycles. The van der Waals surface area contributed by atoms with Crippen molar-refractivity contribution < 1.29 is 4.52 Å². The molecule has 0 atom stereocenters. The van der Waals surface area contributed by atoms with Crippen molar-refractivity contribution in [3.05, 3.63) is 53.4 Å². The molecule has 1 N–H and O–H groups in total. The van der Waals surface area contributed by atoms with Crippen molar-refractivity contribution in [3.8, 4) is 0 Å². The summed E-state index contributed by atoms with van der Waals surface area (Å²) in [4.78, 5) is 2.22. The van der Waals surface area contributed by atoms with Gasteiger partial charge in [-0.25, -0.2) is 0 Å². The van der Waals surface area contributed by atoms with Gasteiger partial charge in [-0.3, -0.25) is 4.90 Å². The highest BCUT2D eigenvalue weighted by Crippen LogP contribution is 2.09. The zero-order chi connectivity index (χ0) is 15.1. The second-order valence-corrected chi connectivity index (χ2v) is 5.97. The van der Waals surface area contributed by atoms with Crippen LogP contribution in [0.25, 0.3) is 0 Å². The fourth-order valence-electron chi connectivity index (χ4n) is 2.22. The van der Waals surface area contributed by atoms with E-state index in [0.29, 0.717) is 5.92 Å². The summed E-state index contributed by atoms with van der Waals surface area (Å²) < 4.78 is 5.40. The van der Waals surface area contributed by atoms with Crippen molar-refractivity contribution in [2.24, 2.45) is 5.92 Å². The van der Waals surface area contributed by atoms with E-state index in [0.717, 1.165) is 37.6 Å². The Bertz CT molecular complexity index is 522. The van der Waals surface area contributed by atoms with Crippen LogP contribution in [0.5, 0.6) is 0 Å². The predicted octanol–water partition coefficient (Wildman–Crippen LogP) is 3.05. The topological polar surface area (TPSA) is 41.3 Å². The zero-order valence-electron chi connectivity index (χ0n) is 13.2. The maximum Gasteiger partial charge on any atom is 0.151 e. The molecule has 0 unspecified atom stereocenters. The zero-order valence-corrected chi connectivity index (χ0v) is 13.2. The van der Waals surface area contributed by atoms with Crippen LogP contribution >= 0.6 is 0 Å². The Balaban J connectivity index is 1.79. The minimum atomic E-state index is 0.647. The Morgan fingerprint density at radius 2 is 1.95 bits per heavy atom. The second kappa shape index (κ2) is 7.96. The molecule has 0 radical (unpaired) electrons. The molecule has 0 saturated heterocycles. The summed E-state index contributed by atoms with van der Waals surface area (Å²) in [5.41, 5.74) is 2.28. The minimum Gasteiger partial charge on any atom is -0.360 e. The highest BCUT2D eigenvalue weighted by Gasteiger charge is 2.08. The van der Waals surface area contributed by atoms with Gasteiger partial charge in [-0.2, -0.15) is 0 Å². The van der Waals surface area contributed by atoms with Crippen LogP contribution in [0.15, 0.2) is 40.9 Å². The molecule has 0 spiro atoms. The number of aromatic nitrogens is 1. The quantitative estimate of drug-likeness (QED) is 0.810. The third-order valence-corrected chi connectivity index (χ3v) is 3.19. The third-order valence-electron chi connectivity index (χ3n) is 3.19. The fourth-order valence-corrected chi connectivity index (χ4v) is 2.22. The summed E-state index contributed by atoms with van der Waals surface area (Å²) in [5.74, 6) is 1.56. The average Bonchev–Trinajstić information content (AvgIpc) is 2.86. The largest absolute Gasteiger partial charge is 0.360 e.